The van der Waals surface area contributed by atoms with Crippen molar-refractivity contribution in [1.82, 2.24) is 20.4 Å². The lowest BCUT2D eigenvalue weighted by Crippen LogP contribution is -2.21. The zero-order valence-corrected chi connectivity index (χ0v) is 14.5. The number of hydrogen-bond donors (Lipinski definition) is 1. The van der Waals surface area contributed by atoms with E-state index in [9.17, 15) is 0 Å². The first kappa shape index (κ1) is 16.1. The van der Waals surface area contributed by atoms with Crippen molar-refractivity contribution in [2.45, 2.75) is 59.4 Å². The number of thiazole rings is 1. The molecule has 2 aromatic rings. The zero-order chi connectivity index (χ0) is 15.6. The normalized spacial score (nSPS) is 13.6. The van der Waals surface area contributed by atoms with E-state index in [0.717, 1.165) is 24.5 Å². The van der Waals surface area contributed by atoms with Crippen LogP contribution in [0.5, 0.6) is 0 Å². The van der Waals surface area contributed by atoms with Gasteiger partial charge in [-0.3, -0.25) is 0 Å². The van der Waals surface area contributed by atoms with E-state index in [2.05, 4.69) is 50.1 Å². The van der Waals surface area contributed by atoms with Crippen molar-refractivity contribution >= 4 is 11.3 Å². The van der Waals surface area contributed by atoms with Gasteiger partial charge in [0.2, 0.25) is 5.89 Å². The Morgan fingerprint density at radius 3 is 2.48 bits per heavy atom. The van der Waals surface area contributed by atoms with Crippen molar-refractivity contribution in [3.05, 3.63) is 27.3 Å². The van der Waals surface area contributed by atoms with Gasteiger partial charge >= 0.3 is 0 Å². The zero-order valence-electron chi connectivity index (χ0n) is 13.6. The summed E-state index contributed by atoms with van der Waals surface area (Å²) in [5.41, 5.74) is 1.23. The highest BCUT2D eigenvalue weighted by Gasteiger charge is 2.22. The minimum Gasteiger partial charge on any atom is -0.340 e. The molecule has 1 N–H and O–H groups in total. The number of nitrogens with one attached hydrogen (secondary N) is 1. The smallest absolute Gasteiger partial charge is 0.223 e. The van der Waals surface area contributed by atoms with Crippen molar-refractivity contribution in [3.8, 4) is 0 Å². The van der Waals surface area contributed by atoms with Gasteiger partial charge in [-0.1, -0.05) is 25.9 Å². The third-order valence-electron chi connectivity index (χ3n) is 3.24. The van der Waals surface area contributed by atoms with Crippen LogP contribution in [0, 0.1) is 13.8 Å². The largest absolute Gasteiger partial charge is 0.340 e. The standard InChI is InChI=1S/C15H24N4OS/c1-9(16-8-7-12-18-11(3)20-19-12)13-10(2)17-14(21-13)15(4,5)6/h9,16H,7-8H2,1-6H3. The lowest BCUT2D eigenvalue weighted by Gasteiger charge is -2.14. The molecule has 0 fully saturated rings. The topological polar surface area (TPSA) is 63.8 Å². The van der Waals surface area contributed by atoms with Gasteiger partial charge in [-0.15, -0.1) is 11.3 Å². The first-order valence-corrected chi connectivity index (χ1v) is 8.09. The molecule has 2 heterocycles. The van der Waals surface area contributed by atoms with Crippen LogP contribution in [0.3, 0.4) is 0 Å². The number of aryl methyl sites for hydroxylation is 2. The molecular weight excluding hydrogens is 284 g/mol. The molecule has 0 saturated carbocycles. The summed E-state index contributed by atoms with van der Waals surface area (Å²) in [6.07, 6.45) is 0.770. The molecule has 21 heavy (non-hydrogen) atoms. The van der Waals surface area contributed by atoms with E-state index >= 15 is 0 Å². The lowest BCUT2D eigenvalue weighted by molar-refractivity contribution is 0.386. The van der Waals surface area contributed by atoms with Crippen LogP contribution in [-0.4, -0.2) is 21.7 Å². The average Bonchev–Trinajstić information content (AvgIpc) is 2.95. The molecule has 1 atom stereocenters. The van der Waals surface area contributed by atoms with Gasteiger partial charge in [0.1, 0.15) is 0 Å². The first-order valence-electron chi connectivity index (χ1n) is 7.27. The van der Waals surface area contributed by atoms with Crippen LogP contribution < -0.4 is 5.32 Å². The van der Waals surface area contributed by atoms with Crippen molar-refractivity contribution in [1.29, 1.82) is 0 Å². The second kappa shape index (κ2) is 6.23. The van der Waals surface area contributed by atoms with Crippen LogP contribution in [0.15, 0.2) is 4.52 Å². The van der Waals surface area contributed by atoms with Crippen LogP contribution >= 0.6 is 11.3 Å². The van der Waals surface area contributed by atoms with Crippen LogP contribution in [0.4, 0.5) is 0 Å². The Morgan fingerprint density at radius 1 is 1.24 bits per heavy atom. The SMILES string of the molecule is Cc1nc(CCNC(C)c2sc(C(C)(C)C)nc2C)no1. The summed E-state index contributed by atoms with van der Waals surface area (Å²) >= 11 is 1.80. The maximum absolute atomic E-state index is 4.97. The van der Waals surface area contributed by atoms with Gasteiger partial charge in [0.25, 0.3) is 0 Å². The molecule has 0 bridgehead atoms. The molecule has 0 amide bonds. The van der Waals surface area contributed by atoms with Crippen LogP contribution in [0.25, 0.3) is 0 Å². The third kappa shape index (κ3) is 4.11. The molecule has 0 saturated heterocycles. The summed E-state index contributed by atoms with van der Waals surface area (Å²) in [6.45, 7) is 13.5. The Bertz CT molecular complexity index is 597. The van der Waals surface area contributed by atoms with Gasteiger partial charge in [0.15, 0.2) is 5.82 Å². The Hall–Kier alpha value is -1.27. The molecule has 0 radical (unpaired) electrons. The number of rotatable bonds is 5. The predicted molar refractivity (Wildman–Crippen MR) is 84.7 cm³/mol. The summed E-state index contributed by atoms with van der Waals surface area (Å²) in [6, 6.07) is 0.284. The number of nitrogens with zero attached hydrogens (tertiary/aromatic N) is 3. The van der Waals surface area contributed by atoms with E-state index in [4.69, 9.17) is 9.51 Å². The third-order valence-corrected chi connectivity index (χ3v) is 5.00. The molecule has 0 spiro atoms. The van der Waals surface area contributed by atoms with E-state index in [-0.39, 0.29) is 11.5 Å². The fourth-order valence-corrected chi connectivity index (χ4v) is 3.22. The molecule has 0 aliphatic carbocycles. The van der Waals surface area contributed by atoms with Crippen molar-refractivity contribution in [2.24, 2.45) is 0 Å². The van der Waals surface area contributed by atoms with Crippen LogP contribution in [-0.2, 0) is 11.8 Å². The maximum atomic E-state index is 4.97. The lowest BCUT2D eigenvalue weighted by atomic mass is 9.98. The summed E-state index contributed by atoms with van der Waals surface area (Å²) < 4.78 is 4.97. The molecule has 0 aromatic carbocycles. The van der Waals surface area contributed by atoms with Gasteiger partial charge < -0.3 is 9.84 Å². The molecule has 6 heteroatoms. The predicted octanol–water partition coefficient (Wildman–Crippen LogP) is 3.33. The van der Waals surface area contributed by atoms with E-state index in [1.807, 2.05) is 0 Å². The van der Waals surface area contributed by atoms with Gasteiger partial charge in [0, 0.05) is 36.2 Å². The van der Waals surface area contributed by atoms with Crippen molar-refractivity contribution in [2.75, 3.05) is 6.54 Å². The summed E-state index contributed by atoms with van der Waals surface area (Å²) in [5, 5.41) is 8.61. The van der Waals surface area contributed by atoms with Gasteiger partial charge in [0.05, 0.1) is 10.7 Å². The molecule has 116 valence electrons. The molecule has 2 rings (SSSR count). The van der Waals surface area contributed by atoms with E-state index < -0.39 is 0 Å². The van der Waals surface area contributed by atoms with Gasteiger partial charge in [-0.05, 0) is 13.8 Å². The fraction of sp³-hybridized carbons (Fsp3) is 0.667. The average molecular weight is 308 g/mol. The molecule has 0 aliphatic heterocycles. The molecule has 2 aromatic heterocycles. The van der Waals surface area contributed by atoms with Crippen LogP contribution in [0.2, 0.25) is 0 Å². The summed E-state index contributed by atoms with van der Waals surface area (Å²) in [5.74, 6) is 1.37. The minimum atomic E-state index is 0.107. The second-order valence-corrected chi connectivity index (χ2v) is 7.40. The molecular formula is C15H24N4OS. The quantitative estimate of drug-likeness (QED) is 0.918. The van der Waals surface area contributed by atoms with E-state index in [0.29, 0.717) is 5.89 Å². The highest BCUT2D eigenvalue weighted by Crippen LogP contribution is 2.32. The number of aromatic nitrogens is 3. The highest BCUT2D eigenvalue weighted by molar-refractivity contribution is 7.12. The van der Waals surface area contributed by atoms with Gasteiger partial charge in [-0.2, -0.15) is 4.98 Å². The van der Waals surface area contributed by atoms with E-state index in [1.165, 1.54) is 9.88 Å². The Morgan fingerprint density at radius 2 is 1.95 bits per heavy atom. The Kier molecular flexibility index (Phi) is 4.78. The fourth-order valence-electron chi connectivity index (χ4n) is 2.07. The van der Waals surface area contributed by atoms with Crippen molar-refractivity contribution in [3.63, 3.8) is 0 Å². The minimum absolute atomic E-state index is 0.107. The maximum Gasteiger partial charge on any atom is 0.223 e. The highest BCUT2D eigenvalue weighted by atomic mass is 32.1. The van der Waals surface area contributed by atoms with Gasteiger partial charge in [-0.25, -0.2) is 4.98 Å². The molecule has 1 unspecified atom stereocenters. The van der Waals surface area contributed by atoms with Crippen LogP contribution in [0.1, 0.15) is 61.0 Å². The first-order chi connectivity index (χ1) is 9.77. The molecule has 0 aliphatic rings. The second-order valence-electron chi connectivity index (χ2n) is 6.37. The van der Waals surface area contributed by atoms with Crippen molar-refractivity contribution < 1.29 is 4.52 Å². The monoisotopic (exact) mass is 308 g/mol. The summed E-state index contributed by atoms with van der Waals surface area (Å²) in [4.78, 5) is 10.2. The molecule has 5 nitrogen and oxygen atoms in total. The Balaban J connectivity index is 1.94. The number of hydrogen-bond acceptors (Lipinski definition) is 6. The Labute approximate surface area is 130 Å². The van der Waals surface area contributed by atoms with E-state index in [1.54, 1.807) is 18.3 Å². The summed E-state index contributed by atoms with van der Waals surface area (Å²) in [7, 11) is 0.